The number of amides is 1. The minimum atomic E-state index is -3.94. The Morgan fingerprint density at radius 3 is 2.61 bits per heavy atom. The van der Waals surface area contributed by atoms with Crippen molar-refractivity contribution in [1.29, 1.82) is 0 Å². The highest BCUT2D eigenvalue weighted by Gasteiger charge is 2.39. The second-order valence-corrected chi connectivity index (χ2v) is 6.72. The van der Waals surface area contributed by atoms with Crippen molar-refractivity contribution in [3.63, 3.8) is 0 Å². The number of carbonyl (C=O) groups is 2. The molecule has 1 aliphatic rings. The van der Waals surface area contributed by atoms with E-state index in [1.165, 1.54) is 12.1 Å². The highest BCUT2D eigenvalue weighted by Crippen LogP contribution is 2.33. The number of benzene rings is 1. The Balaban J connectivity index is 2.45. The lowest BCUT2D eigenvalue weighted by atomic mass is 10.1. The van der Waals surface area contributed by atoms with Gasteiger partial charge in [0.05, 0.1) is 17.6 Å². The number of esters is 1. The van der Waals surface area contributed by atoms with Gasteiger partial charge in [0.25, 0.3) is 5.69 Å². The van der Waals surface area contributed by atoms with Gasteiger partial charge < -0.3 is 9.64 Å². The van der Waals surface area contributed by atoms with Crippen molar-refractivity contribution in [1.82, 2.24) is 0 Å². The zero-order valence-electron chi connectivity index (χ0n) is 12.0. The predicted molar refractivity (Wildman–Crippen MR) is 78.3 cm³/mol. The highest BCUT2D eigenvalue weighted by molar-refractivity contribution is 7.89. The summed E-state index contributed by atoms with van der Waals surface area (Å²) in [6, 6.07) is 3.43. The van der Waals surface area contributed by atoms with Gasteiger partial charge in [0.1, 0.15) is 10.9 Å². The van der Waals surface area contributed by atoms with Gasteiger partial charge in [-0.2, -0.15) is 0 Å². The summed E-state index contributed by atoms with van der Waals surface area (Å²) in [7, 11) is -2.81. The number of nitrogens with two attached hydrogens (primary N) is 1. The van der Waals surface area contributed by atoms with Gasteiger partial charge in [-0.25, -0.2) is 18.4 Å². The minimum Gasteiger partial charge on any atom is -0.465 e. The van der Waals surface area contributed by atoms with Crippen molar-refractivity contribution >= 4 is 33.3 Å². The fourth-order valence-electron chi connectivity index (χ4n) is 2.27. The Morgan fingerprint density at radius 1 is 1.48 bits per heavy atom. The molecule has 1 unspecified atom stereocenters. The molecule has 1 amide bonds. The Hall–Kier alpha value is -2.53. The Kier molecular flexibility index (Phi) is 4.34. The Morgan fingerprint density at radius 2 is 2.13 bits per heavy atom. The van der Waals surface area contributed by atoms with E-state index < -0.39 is 37.8 Å². The number of anilines is 1. The van der Waals surface area contributed by atoms with Crippen LogP contribution in [0.1, 0.15) is 16.8 Å². The first kappa shape index (κ1) is 16.8. The molecule has 0 bridgehead atoms. The number of hydrogen-bond acceptors (Lipinski definition) is 7. The van der Waals surface area contributed by atoms with Crippen LogP contribution in [0.25, 0.3) is 0 Å². The second kappa shape index (κ2) is 5.93. The normalized spacial score (nSPS) is 18.1. The zero-order valence-corrected chi connectivity index (χ0v) is 12.8. The summed E-state index contributed by atoms with van der Waals surface area (Å²) in [5.74, 6) is -1.37. The van der Waals surface area contributed by atoms with Crippen LogP contribution in [0.3, 0.4) is 0 Å². The van der Waals surface area contributed by atoms with Gasteiger partial charge in [0, 0.05) is 19.0 Å². The van der Waals surface area contributed by atoms with E-state index in [0.717, 1.165) is 18.1 Å². The van der Waals surface area contributed by atoms with E-state index in [4.69, 9.17) is 5.14 Å². The fourth-order valence-corrected chi connectivity index (χ4v) is 3.00. The largest absolute Gasteiger partial charge is 0.465 e. The van der Waals surface area contributed by atoms with Gasteiger partial charge in [-0.15, -0.1) is 0 Å². The molecule has 2 rings (SSSR count). The maximum Gasteiger partial charge on any atom is 0.338 e. The first-order valence-corrected chi connectivity index (χ1v) is 7.95. The molecule has 124 valence electrons. The molecule has 0 radical (unpaired) electrons. The minimum absolute atomic E-state index is 0.0578. The summed E-state index contributed by atoms with van der Waals surface area (Å²) in [5.41, 5.74) is -0.660. The molecule has 1 aromatic rings. The molecule has 11 heteroatoms. The molecule has 1 saturated heterocycles. The van der Waals surface area contributed by atoms with Crippen molar-refractivity contribution in [2.75, 3.05) is 18.6 Å². The molecule has 1 aromatic carbocycles. The van der Waals surface area contributed by atoms with Crippen LogP contribution in [0.2, 0.25) is 0 Å². The number of methoxy groups -OCH3 is 1. The number of nitro groups is 1. The van der Waals surface area contributed by atoms with E-state index in [2.05, 4.69) is 4.74 Å². The van der Waals surface area contributed by atoms with Crippen molar-refractivity contribution in [3.8, 4) is 0 Å². The van der Waals surface area contributed by atoms with Crippen LogP contribution in [-0.2, 0) is 19.6 Å². The molecule has 0 aliphatic carbocycles. The smallest absolute Gasteiger partial charge is 0.338 e. The lowest BCUT2D eigenvalue weighted by Gasteiger charge is -2.16. The molecular weight excluding hydrogens is 330 g/mol. The predicted octanol–water partition coefficient (Wildman–Crippen LogP) is -0.225. The first-order chi connectivity index (χ1) is 10.6. The average Bonchev–Trinajstić information content (AvgIpc) is 2.87. The summed E-state index contributed by atoms with van der Waals surface area (Å²) in [4.78, 5) is 34.8. The lowest BCUT2D eigenvalue weighted by molar-refractivity contribution is -0.384. The summed E-state index contributed by atoms with van der Waals surface area (Å²) in [6.07, 6.45) is -0.352. The third kappa shape index (κ3) is 3.29. The number of nitrogens with zero attached hydrogens (tertiary/aromatic N) is 2. The van der Waals surface area contributed by atoms with E-state index in [1.807, 2.05) is 0 Å². The molecule has 0 aromatic heterocycles. The molecule has 1 aliphatic heterocycles. The van der Waals surface area contributed by atoms with Crippen LogP contribution in [-0.4, -0.2) is 44.1 Å². The lowest BCUT2D eigenvalue weighted by Crippen LogP contribution is -2.32. The molecule has 1 heterocycles. The van der Waals surface area contributed by atoms with Crippen molar-refractivity contribution in [2.45, 2.75) is 11.7 Å². The molecular formula is C12H13N3O7S. The number of primary sulfonamides is 1. The third-order valence-electron chi connectivity index (χ3n) is 3.44. The Labute approximate surface area is 131 Å². The molecule has 10 nitrogen and oxygen atoms in total. The highest BCUT2D eigenvalue weighted by atomic mass is 32.2. The van der Waals surface area contributed by atoms with Crippen LogP contribution in [0.4, 0.5) is 11.4 Å². The van der Waals surface area contributed by atoms with Crippen LogP contribution in [0.5, 0.6) is 0 Å². The second-order valence-electron chi connectivity index (χ2n) is 4.87. The molecule has 1 fully saturated rings. The molecule has 0 spiro atoms. The van der Waals surface area contributed by atoms with Crippen LogP contribution in [0.15, 0.2) is 18.2 Å². The van der Waals surface area contributed by atoms with Gasteiger partial charge >= 0.3 is 5.97 Å². The first-order valence-electron chi connectivity index (χ1n) is 6.34. The standard InChI is InChI=1S/C12H13N3O7S/c1-22-12(17)7-2-3-9(10(4-7)15(18)19)14-6-8(5-11(14)16)23(13,20)21/h2-4,8H,5-6H2,1H3,(H2,13,20,21). The van der Waals surface area contributed by atoms with E-state index in [0.29, 0.717) is 0 Å². The number of carbonyl (C=O) groups excluding carboxylic acids is 2. The topological polar surface area (TPSA) is 150 Å². The van der Waals surface area contributed by atoms with Gasteiger partial charge in [0.2, 0.25) is 15.9 Å². The van der Waals surface area contributed by atoms with Gasteiger partial charge in [-0.1, -0.05) is 0 Å². The van der Waals surface area contributed by atoms with Gasteiger partial charge in [-0.3, -0.25) is 14.9 Å². The van der Waals surface area contributed by atoms with Crippen molar-refractivity contribution in [2.24, 2.45) is 5.14 Å². The fraction of sp³-hybridized carbons (Fsp3) is 0.333. The quantitative estimate of drug-likeness (QED) is 0.451. The maximum absolute atomic E-state index is 12.0. The number of nitro benzene ring substituents is 1. The number of sulfonamides is 1. The average molecular weight is 343 g/mol. The summed E-state index contributed by atoms with van der Waals surface area (Å²) in [5, 5.41) is 15.1. The summed E-state index contributed by atoms with van der Waals surface area (Å²) < 4.78 is 27.2. The molecule has 23 heavy (non-hydrogen) atoms. The van der Waals surface area contributed by atoms with Crippen LogP contribution in [0, 0.1) is 10.1 Å². The molecule has 1 atom stereocenters. The van der Waals surface area contributed by atoms with Crippen LogP contribution >= 0.6 is 0 Å². The third-order valence-corrected chi connectivity index (χ3v) is 4.68. The van der Waals surface area contributed by atoms with Gasteiger partial charge in [0.15, 0.2) is 0 Å². The summed E-state index contributed by atoms with van der Waals surface area (Å²) >= 11 is 0. The van der Waals surface area contributed by atoms with E-state index in [1.54, 1.807) is 0 Å². The van der Waals surface area contributed by atoms with Crippen molar-refractivity contribution < 1.29 is 27.7 Å². The molecule has 2 N–H and O–H groups in total. The van der Waals surface area contributed by atoms with Crippen LogP contribution < -0.4 is 10.0 Å². The van der Waals surface area contributed by atoms with E-state index >= 15 is 0 Å². The van der Waals surface area contributed by atoms with Crippen molar-refractivity contribution in [3.05, 3.63) is 33.9 Å². The monoisotopic (exact) mass is 343 g/mol. The number of hydrogen-bond donors (Lipinski definition) is 1. The van der Waals surface area contributed by atoms with Gasteiger partial charge in [-0.05, 0) is 12.1 Å². The summed E-state index contributed by atoms with van der Waals surface area (Å²) in [6.45, 7) is -0.282. The van der Waals surface area contributed by atoms with E-state index in [-0.39, 0.29) is 24.2 Å². The Bertz CT molecular complexity index is 790. The number of ether oxygens (including phenoxy) is 1. The number of rotatable bonds is 4. The SMILES string of the molecule is COC(=O)c1ccc(N2CC(S(N)(=O)=O)CC2=O)c([N+](=O)[O-])c1. The zero-order chi connectivity index (χ0) is 17.4. The maximum atomic E-state index is 12.0. The van der Waals surface area contributed by atoms with E-state index in [9.17, 15) is 28.1 Å². The molecule has 0 saturated carbocycles.